The van der Waals surface area contributed by atoms with Crippen molar-refractivity contribution in [2.75, 3.05) is 23.4 Å². The van der Waals surface area contributed by atoms with E-state index in [9.17, 15) is 9.59 Å². The van der Waals surface area contributed by atoms with Gasteiger partial charge in [-0.2, -0.15) is 0 Å². The van der Waals surface area contributed by atoms with Gasteiger partial charge in [0, 0.05) is 10.7 Å². The second-order valence-electron chi connectivity index (χ2n) is 7.22. The third kappa shape index (κ3) is 4.71. The van der Waals surface area contributed by atoms with Gasteiger partial charge in [-0.1, -0.05) is 29.8 Å². The van der Waals surface area contributed by atoms with Crippen LogP contribution in [0.25, 0.3) is 5.57 Å². The molecule has 0 aromatic heterocycles. The molecule has 0 saturated carbocycles. The maximum Gasteiger partial charge on any atom is 0.282 e. The third-order valence-electron chi connectivity index (χ3n) is 5.04. The maximum atomic E-state index is 13.5. The van der Waals surface area contributed by atoms with Gasteiger partial charge in [-0.05, 0) is 74.0 Å². The fraction of sp³-hybridized carbons (Fsp3) is 0.154. The van der Waals surface area contributed by atoms with E-state index in [1.807, 2.05) is 13.8 Å². The Morgan fingerprint density at radius 3 is 2.00 bits per heavy atom. The Hall–Kier alpha value is -3.77. The first kappa shape index (κ1) is 22.4. The first-order valence-corrected chi connectivity index (χ1v) is 11.0. The summed E-state index contributed by atoms with van der Waals surface area (Å²) in [6, 6.07) is 21.0. The van der Waals surface area contributed by atoms with Crippen molar-refractivity contribution in [3.05, 3.63) is 89.1 Å². The predicted octanol–water partition coefficient (Wildman–Crippen LogP) is 5.53. The molecule has 0 spiro atoms. The Balaban J connectivity index is 1.75. The Kier molecular flexibility index (Phi) is 6.66. The van der Waals surface area contributed by atoms with Crippen LogP contribution in [0.3, 0.4) is 0 Å². The van der Waals surface area contributed by atoms with E-state index < -0.39 is 11.8 Å². The van der Waals surface area contributed by atoms with Gasteiger partial charge in [-0.3, -0.25) is 9.59 Å². The molecular formula is C26H23ClN2O4. The Morgan fingerprint density at radius 1 is 0.818 bits per heavy atom. The van der Waals surface area contributed by atoms with Crippen molar-refractivity contribution in [2.24, 2.45) is 0 Å². The SMILES string of the molecule is CCOc1ccc(NC2=C(c3ccc(OCC)cc3)C(=O)N(c3cccc(Cl)c3)C2=O)cc1. The molecule has 1 aliphatic heterocycles. The topological polar surface area (TPSA) is 67.9 Å². The molecule has 0 unspecified atom stereocenters. The second-order valence-corrected chi connectivity index (χ2v) is 7.65. The van der Waals surface area contributed by atoms with Crippen molar-refractivity contribution in [1.29, 1.82) is 0 Å². The van der Waals surface area contributed by atoms with Crippen LogP contribution in [0.4, 0.5) is 11.4 Å². The molecule has 7 heteroatoms. The van der Waals surface area contributed by atoms with Gasteiger partial charge in [0.15, 0.2) is 0 Å². The highest BCUT2D eigenvalue weighted by molar-refractivity contribution is 6.46. The second kappa shape index (κ2) is 9.79. The molecule has 33 heavy (non-hydrogen) atoms. The van der Waals surface area contributed by atoms with E-state index >= 15 is 0 Å². The third-order valence-corrected chi connectivity index (χ3v) is 5.27. The fourth-order valence-corrected chi connectivity index (χ4v) is 3.78. The summed E-state index contributed by atoms with van der Waals surface area (Å²) in [6.45, 7) is 4.90. The molecule has 1 heterocycles. The quantitative estimate of drug-likeness (QED) is 0.445. The fourth-order valence-electron chi connectivity index (χ4n) is 3.59. The highest BCUT2D eigenvalue weighted by atomic mass is 35.5. The summed E-state index contributed by atoms with van der Waals surface area (Å²) in [5.41, 5.74) is 2.13. The van der Waals surface area contributed by atoms with Crippen LogP contribution in [0.15, 0.2) is 78.5 Å². The number of hydrogen-bond acceptors (Lipinski definition) is 5. The molecule has 6 nitrogen and oxygen atoms in total. The van der Waals surface area contributed by atoms with Crippen LogP contribution in [0.5, 0.6) is 11.5 Å². The Bertz CT molecular complexity index is 1200. The lowest BCUT2D eigenvalue weighted by Crippen LogP contribution is -2.32. The molecule has 1 aliphatic rings. The van der Waals surface area contributed by atoms with Gasteiger partial charge < -0.3 is 14.8 Å². The first-order chi connectivity index (χ1) is 16.0. The summed E-state index contributed by atoms with van der Waals surface area (Å²) in [5.74, 6) is 0.518. The number of hydrogen-bond donors (Lipinski definition) is 1. The summed E-state index contributed by atoms with van der Waals surface area (Å²) in [6.07, 6.45) is 0. The molecule has 0 atom stereocenters. The summed E-state index contributed by atoms with van der Waals surface area (Å²) in [7, 11) is 0. The smallest absolute Gasteiger partial charge is 0.282 e. The van der Waals surface area contributed by atoms with Gasteiger partial charge in [0.05, 0.1) is 24.5 Å². The van der Waals surface area contributed by atoms with E-state index in [0.717, 1.165) is 10.6 Å². The molecule has 0 aliphatic carbocycles. The van der Waals surface area contributed by atoms with E-state index in [4.69, 9.17) is 21.1 Å². The molecule has 1 N–H and O–H groups in total. The molecule has 0 bridgehead atoms. The van der Waals surface area contributed by atoms with Crippen molar-refractivity contribution in [3.8, 4) is 11.5 Å². The van der Waals surface area contributed by atoms with E-state index in [0.29, 0.717) is 40.9 Å². The molecule has 4 rings (SSSR count). The van der Waals surface area contributed by atoms with Gasteiger partial charge in [-0.15, -0.1) is 0 Å². The molecule has 3 aromatic rings. The minimum absolute atomic E-state index is 0.188. The number of halogens is 1. The van der Waals surface area contributed by atoms with E-state index in [2.05, 4.69) is 5.32 Å². The van der Waals surface area contributed by atoms with Crippen LogP contribution in [0, 0.1) is 0 Å². The van der Waals surface area contributed by atoms with Crippen LogP contribution in [0.1, 0.15) is 19.4 Å². The van der Waals surface area contributed by atoms with Crippen molar-refractivity contribution in [1.82, 2.24) is 0 Å². The zero-order valence-corrected chi connectivity index (χ0v) is 19.1. The Morgan fingerprint density at radius 2 is 1.42 bits per heavy atom. The number of imide groups is 1. The first-order valence-electron chi connectivity index (χ1n) is 10.6. The molecule has 2 amide bonds. The minimum Gasteiger partial charge on any atom is -0.494 e. The van der Waals surface area contributed by atoms with Gasteiger partial charge in [0.2, 0.25) is 0 Å². The highest BCUT2D eigenvalue weighted by Crippen LogP contribution is 2.35. The number of rotatable bonds is 8. The summed E-state index contributed by atoms with van der Waals surface area (Å²) >= 11 is 6.12. The van der Waals surface area contributed by atoms with Crippen molar-refractivity contribution in [2.45, 2.75) is 13.8 Å². The Labute approximate surface area is 197 Å². The van der Waals surface area contributed by atoms with Crippen LogP contribution in [-0.2, 0) is 9.59 Å². The molecule has 0 saturated heterocycles. The zero-order valence-electron chi connectivity index (χ0n) is 18.3. The largest absolute Gasteiger partial charge is 0.494 e. The molecule has 3 aromatic carbocycles. The lowest BCUT2D eigenvalue weighted by atomic mass is 10.0. The standard InChI is InChI=1S/C26H23ClN2O4/c1-3-32-21-12-8-17(9-13-21)23-24(28-19-10-14-22(15-11-19)33-4-2)26(31)29(25(23)30)20-7-5-6-18(27)16-20/h5-16,28H,3-4H2,1-2H3. The van der Waals surface area contributed by atoms with Crippen molar-refractivity contribution in [3.63, 3.8) is 0 Å². The lowest BCUT2D eigenvalue weighted by Gasteiger charge is -2.15. The summed E-state index contributed by atoms with van der Waals surface area (Å²) in [4.78, 5) is 28.1. The van der Waals surface area contributed by atoms with Crippen LogP contribution < -0.4 is 19.7 Å². The lowest BCUT2D eigenvalue weighted by molar-refractivity contribution is -0.120. The normalized spacial score (nSPS) is 13.5. The molecule has 168 valence electrons. The maximum absolute atomic E-state index is 13.5. The number of benzene rings is 3. The molecule has 0 radical (unpaired) electrons. The number of nitrogens with zero attached hydrogens (tertiary/aromatic N) is 1. The van der Waals surface area contributed by atoms with Crippen LogP contribution in [-0.4, -0.2) is 25.0 Å². The molecule has 0 fully saturated rings. The number of ether oxygens (including phenoxy) is 2. The number of nitrogens with one attached hydrogen (secondary N) is 1. The van der Waals surface area contributed by atoms with Crippen LogP contribution >= 0.6 is 11.6 Å². The summed E-state index contributed by atoms with van der Waals surface area (Å²) < 4.78 is 11.0. The van der Waals surface area contributed by atoms with E-state index in [1.54, 1.807) is 72.8 Å². The number of carbonyl (C=O) groups is 2. The van der Waals surface area contributed by atoms with Crippen molar-refractivity contribution >= 4 is 40.4 Å². The van der Waals surface area contributed by atoms with E-state index in [-0.39, 0.29) is 11.3 Å². The predicted molar refractivity (Wildman–Crippen MR) is 130 cm³/mol. The monoisotopic (exact) mass is 462 g/mol. The number of anilines is 2. The van der Waals surface area contributed by atoms with Crippen LogP contribution in [0.2, 0.25) is 5.02 Å². The number of amides is 2. The zero-order chi connectivity index (χ0) is 23.4. The highest BCUT2D eigenvalue weighted by Gasteiger charge is 2.40. The minimum atomic E-state index is -0.458. The average Bonchev–Trinajstić information content (AvgIpc) is 3.05. The van der Waals surface area contributed by atoms with Gasteiger partial charge in [0.25, 0.3) is 11.8 Å². The molecular weight excluding hydrogens is 440 g/mol. The van der Waals surface area contributed by atoms with E-state index in [1.165, 1.54) is 0 Å². The van der Waals surface area contributed by atoms with Gasteiger partial charge in [-0.25, -0.2) is 4.90 Å². The average molecular weight is 463 g/mol. The summed E-state index contributed by atoms with van der Waals surface area (Å²) in [5, 5.41) is 3.57. The number of carbonyl (C=O) groups excluding carboxylic acids is 2. The van der Waals surface area contributed by atoms with Gasteiger partial charge in [0.1, 0.15) is 17.2 Å². The van der Waals surface area contributed by atoms with Gasteiger partial charge >= 0.3 is 0 Å². The van der Waals surface area contributed by atoms with Crippen molar-refractivity contribution < 1.29 is 19.1 Å².